The first-order chi connectivity index (χ1) is 20.5. The molecule has 1 fully saturated rings. The van der Waals surface area contributed by atoms with Crippen molar-refractivity contribution in [1.29, 1.82) is 0 Å². The average molecular weight is 686 g/mol. The minimum absolute atomic E-state index is 0.0105. The maximum Gasteiger partial charge on any atom is 0.264 e. The van der Waals surface area contributed by atoms with Gasteiger partial charge in [0, 0.05) is 33.2 Å². The Kier molecular flexibility index (Phi) is 11.6. The van der Waals surface area contributed by atoms with E-state index >= 15 is 0 Å². The zero-order valence-electron chi connectivity index (χ0n) is 23.6. The molecule has 12 heteroatoms. The number of nitrogens with zero attached hydrogens (tertiary/aromatic N) is 2. The Morgan fingerprint density at radius 2 is 1.53 bits per heavy atom. The van der Waals surface area contributed by atoms with E-state index in [9.17, 15) is 18.0 Å². The molecule has 0 unspecified atom stereocenters. The molecule has 0 aromatic heterocycles. The molecule has 1 aliphatic carbocycles. The molecule has 3 aromatic rings. The van der Waals surface area contributed by atoms with Crippen molar-refractivity contribution in [2.45, 2.75) is 69.0 Å². The van der Waals surface area contributed by atoms with Crippen molar-refractivity contribution in [3.8, 4) is 0 Å². The van der Waals surface area contributed by atoms with Crippen LogP contribution >= 0.6 is 46.4 Å². The summed E-state index contributed by atoms with van der Waals surface area (Å²) in [7, 11) is -4.30. The zero-order valence-corrected chi connectivity index (χ0v) is 27.5. The summed E-state index contributed by atoms with van der Waals surface area (Å²) >= 11 is 25.7. The quantitative estimate of drug-likeness (QED) is 0.224. The van der Waals surface area contributed by atoms with Gasteiger partial charge in [-0.2, -0.15) is 0 Å². The van der Waals surface area contributed by atoms with Crippen LogP contribution in [0.5, 0.6) is 0 Å². The number of amides is 2. The van der Waals surface area contributed by atoms with E-state index in [2.05, 4.69) is 5.32 Å². The van der Waals surface area contributed by atoms with Crippen molar-refractivity contribution >= 4 is 73.9 Å². The van der Waals surface area contributed by atoms with Crippen LogP contribution in [0.3, 0.4) is 0 Å². The smallest absolute Gasteiger partial charge is 0.264 e. The van der Waals surface area contributed by atoms with Gasteiger partial charge in [0.05, 0.1) is 15.6 Å². The molecule has 2 amide bonds. The highest BCUT2D eigenvalue weighted by molar-refractivity contribution is 7.92. The number of carbonyl (C=O) groups excluding carboxylic acids is 2. The Morgan fingerprint density at radius 3 is 2.16 bits per heavy atom. The Hall–Kier alpha value is -2.49. The Morgan fingerprint density at radius 1 is 0.884 bits per heavy atom. The Labute approximate surface area is 273 Å². The Balaban J connectivity index is 1.76. The molecule has 0 saturated heterocycles. The number of sulfonamides is 1. The number of carbonyl (C=O) groups is 2. The normalized spacial score (nSPS) is 14.6. The molecule has 43 heavy (non-hydrogen) atoms. The number of halogens is 4. The molecule has 1 aliphatic rings. The van der Waals surface area contributed by atoms with Crippen LogP contribution in [0.4, 0.5) is 5.69 Å². The van der Waals surface area contributed by atoms with Crippen molar-refractivity contribution in [3.05, 3.63) is 92.4 Å². The predicted molar refractivity (Wildman–Crippen MR) is 174 cm³/mol. The van der Waals surface area contributed by atoms with E-state index in [-0.39, 0.29) is 45.5 Å². The SMILES string of the molecule is CC[C@@H](C(=O)NC1CCCCC1)N(Cc1c(Cl)cccc1Cl)C(=O)CN(c1cc(Cl)ccc1Cl)S(=O)(=O)c1ccccc1. The van der Waals surface area contributed by atoms with Gasteiger partial charge in [-0.1, -0.05) is 96.9 Å². The molecular formula is C31H33Cl4N3O4S. The average Bonchev–Trinajstić information content (AvgIpc) is 2.99. The molecule has 0 bridgehead atoms. The summed E-state index contributed by atoms with van der Waals surface area (Å²) in [5.41, 5.74) is 0.475. The van der Waals surface area contributed by atoms with Crippen molar-refractivity contribution in [2.75, 3.05) is 10.8 Å². The number of benzene rings is 3. The highest BCUT2D eigenvalue weighted by Crippen LogP contribution is 2.34. The summed E-state index contributed by atoms with van der Waals surface area (Å²) in [5, 5.41) is 4.06. The minimum atomic E-state index is -4.30. The highest BCUT2D eigenvalue weighted by atomic mass is 35.5. The monoisotopic (exact) mass is 683 g/mol. The van der Waals surface area contributed by atoms with Crippen molar-refractivity contribution in [2.24, 2.45) is 0 Å². The van der Waals surface area contributed by atoms with E-state index in [1.54, 1.807) is 43.3 Å². The third-order valence-electron chi connectivity index (χ3n) is 7.51. The molecule has 230 valence electrons. The van der Waals surface area contributed by atoms with Gasteiger partial charge in [-0.05, 0) is 61.7 Å². The van der Waals surface area contributed by atoms with Gasteiger partial charge in [-0.15, -0.1) is 0 Å². The van der Waals surface area contributed by atoms with Crippen molar-refractivity contribution in [1.82, 2.24) is 10.2 Å². The van der Waals surface area contributed by atoms with Crippen LogP contribution in [0.1, 0.15) is 51.0 Å². The maximum atomic E-state index is 14.3. The molecule has 3 aromatic carbocycles. The molecule has 0 radical (unpaired) electrons. The lowest BCUT2D eigenvalue weighted by molar-refractivity contribution is -0.140. The van der Waals surface area contributed by atoms with Gasteiger partial charge in [-0.3, -0.25) is 13.9 Å². The van der Waals surface area contributed by atoms with Gasteiger partial charge in [0.25, 0.3) is 10.0 Å². The predicted octanol–water partition coefficient (Wildman–Crippen LogP) is 7.75. The van der Waals surface area contributed by atoms with E-state index in [0.29, 0.717) is 15.6 Å². The van der Waals surface area contributed by atoms with E-state index in [4.69, 9.17) is 46.4 Å². The standard InChI is InChI=1S/C31H33Cl4N3O4S/c1-2-28(31(40)36-22-10-5-3-6-11-22)37(19-24-25(33)14-9-15-26(24)34)30(39)20-38(29-18-21(32)16-17-27(29)35)43(41,42)23-12-7-4-8-13-23/h4,7-9,12-18,22,28H,2-3,5-6,10-11,19-20H2,1H3,(H,36,40)/t28-/m0/s1. The summed E-state index contributed by atoms with van der Waals surface area (Å²) in [5.74, 6) is -0.957. The summed E-state index contributed by atoms with van der Waals surface area (Å²) in [6.07, 6.45) is 5.16. The number of hydrogen-bond acceptors (Lipinski definition) is 4. The van der Waals surface area contributed by atoms with Gasteiger partial charge >= 0.3 is 0 Å². The maximum absolute atomic E-state index is 14.3. The van der Waals surface area contributed by atoms with Crippen LogP contribution in [0.2, 0.25) is 20.1 Å². The summed E-state index contributed by atoms with van der Waals surface area (Å²) < 4.78 is 28.9. The third-order valence-corrected chi connectivity index (χ3v) is 10.6. The molecule has 4 rings (SSSR count). The van der Waals surface area contributed by atoms with E-state index < -0.39 is 28.5 Å². The third kappa shape index (κ3) is 8.17. The second-order valence-corrected chi connectivity index (χ2v) is 13.9. The first-order valence-corrected chi connectivity index (χ1v) is 17.0. The molecule has 0 spiro atoms. The van der Waals surface area contributed by atoms with E-state index in [1.807, 2.05) is 0 Å². The van der Waals surface area contributed by atoms with Gasteiger partial charge in [-0.25, -0.2) is 8.42 Å². The van der Waals surface area contributed by atoms with Gasteiger partial charge < -0.3 is 10.2 Å². The first-order valence-electron chi connectivity index (χ1n) is 14.1. The van der Waals surface area contributed by atoms with Gasteiger partial charge in [0.15, 0.2) is 0 Å². The van der Waals surface area contributed by atoms with Crippen LogP contribution in [0.25, 0.3) is 0 Å². The van der Waals surface area contributed by atoms with Crippen LogP contribution in [0, 0.1) is 0 Å². The molecule has 0 heterocycles. The number of hydrogen-bond donors (Lipinski definition) is 1. The Bertz CT molecular complexity index is 1530. The van der Waals surface area contributed by atoms with E-state index in [1.165, 1.54) is 35.2 Å². The van der Waals surface area contributed by atoms with Crippen LogP contribution in [0.15, 0.2) is 71.6 Å². The fourth-order valence-electron chi connectivity index (χ4n) is 5.23. The molecular weight excluding hydrogens is 652 g/mol. The highest BCUT2D eigenvalue weighted by Gasteiger charge is 2.35. The fourth-order valence-corrected chi connectivity index (χ4v) is 7.63. The van der Waals surface area contributed by atoms with Crippen molar-refractivity contribution in [3.63, 3.8) is 0 Å². The summed E-state index contributed by atoms with van der Waals surface area (Å²) in [4.78, 5) is 29.3. The number of nitrogens with one attached hydrogen (secondary N) is 1. The zero-order chi connectivity index (χ0) is 31.1. The van der Waals surface area contributed by atoms with Crippen LogP contribution < -0.4 is 9.62 Å². The van der Waals surface area contributed by atoms with Gasteiger partial charge in [0.1, 0.15) is 12.6 Å². The van der Waals surface area contributed by atoms with Crippen LogP contribution in [-0.2, 0) is 26.2 Å². The molecule has 1 N–H and O–H groups in total. The number of rotatable bonds is 11. The lowest BCUT2D eigenvalue weighted by Gasteiger charge is -2.35. The summed E-state index contributed by atoms with van der Waals surface area (Å²) in [6, 6.07) is 16.2. The largest absolute Gasteiger partial charge is 0.352 e. The number of anilines is 1. The lowest BCUT2D eigenvalue weighted by atomic mass is 9.95. The molecule has 1 atom stereocenters. The summed E-state index contributed by atoms with van der Waals surface area (Å²) in [6.45, 7) is 1.02. The van der Waals surface area contributed by atoms with Crippen molar-refractivity contribution < 1.29 is 18.0 Å². The van der Waals surface area contributed by atoms with Crippen LogP contribution in [-0.4, -0.2) is 43.8 Å². The van der Waals surface area contributed by atoms with Gasteiger partial charge in [0.2, 0.25) is 11.8 Å². The minimum Gasteiger partial charge on any atom is -0.352 e. The fraction of sp³-hybridized carbons (Fsp3) is 0.355. The second-order valence-electron chi connectivity index (χ2n) is 10.4. The second kappa shape index (κ2) is 15.0. The molecule has 1 saturated carbocycles. The first kappa shape index (κ1) is 33.4. The molecule has 7 nitrogen and oxygen atoms in total. The van der Waals surface area contributed by atoms with E-state index in [0.717, 1.165) is 36.4 Å². The topological polar surface area (TPSA) is 86.8 Å². The lowest BCUT2D eigenvalue weighted by Crippen LogP contribution is -2.54. The molecule has 0 aliphatic heterocycles.